The van der Waals surface area contributed by atoms with Crippen molar-refractivity contribution in [3.8, 4) is 0 Å². The van der Waals surface area contributed by atoms with Gasteiger partial charge in [-0.3, -0.25) is 9.47 Å². The summed E-state index contributed by atoms with van der Waals surface area (Å²) in [6, 6.07) is 0. The molecule has 13 heteroatoms. The zero-order valence-electron chi connectivity index (χ0n) is 15.7. The fourth-order valence-electron chi connectivity index (χ4n) is 1.28. The zero-order chi connectivity index (χ0) is 23.2. The maximum Gasteiger partial charge on any atom is 0.490 e. The molecule has 2 atom stereocenters. The molecule has 0 N–H and O–H groups in total. The minimum atomic E-state index is -5.58. The molecule has 0 amide bonds. The monoisotopic (exact) mass is 440 g/mol. The highest BCUT2D eigenvalue weighted by molar-refractivity contribution is 4.93. The number of hydrogen-bond acceptors (Lipinski definition) is 3. The zero-order valence-corrected chi connectivity index (χ0v) is 15.7. The smallest absolute Gasteiger partial charge is 0.299 e. The summed E-state index contributed by atoms with van der Waals surface area (Å²) < 4.78 is 135. The van der Waals surface area contributed by atoms with Gasteiger partial charge in [0.1, 0.15) is 0 Å². The SMILES string of the molecule is C=C(F)C(F)(F)OC(C)(F)C(F)(F)OC(F)(F)OC.CCC(C)C(F)(F)CC. The summed E-state index contributed by atoms with van der Waals surface area (Å²) in [5.74, 6) is -10.3. The van der Waals surface area contributed by atoms with Crippen LogP contribution in [0.15, 0.2) is 12.4 Å². The standard InChI is InChI=1S/C8H8F8O3.C7H14F2/c1-4(9)6(11,12)18-5(2,10)7(13,14)19-8(15,16)17-3;1-4-6(3)7(8,9)5-2/h1H2,2-3H3;6H,4-5H2,1-3H3. The van der Waals surface area contributed by atoms with E-state index in [9.17, 15) is 43.9 Å². The van der Waals surface area contributed by atoms with Gasteiger partial charge >= 0.3 is 24.4 Å². The quantitative estimate of drug-likeness (QED) is 0.281. The molecule has 0 aliphatic rings. The van der Waals surface area contributed by atoms with E-state index < -0.39 is 42.0 Å². The van der Waals surface area contributed by atoms with E-state index in [-0.39, 0.29) is 20.5 Å². The molecule has 0 saturated heterocycles. The predicted molar refractivity (Wildman–Crippen MR) is 78.5 cm³/mol. The van der Waals surface area contributed by atoms with Crippen LogP contribution in [0.25, 0.3) is 0 Å². The Morgan fingerprint density at radius 1 is 0.929 bits per heavy atom. The number of ether oxygens (including phenoxy) is 3. The van der Waals surface area contributed by atoms with Crippen LogP contribution >= 0.6 is 0 Å². The van der Waals surface area contributed by atoms with E-state index in [1.165, 1.54) is 6.92 Å². The van der Waals surface area contributed by atoms with Crippen LogP contribution in [0, 0.1) is 5.92 Å². The largest absolute Gasteiger partial charge is 0.490 e. The van der Waals surface area contributed by atoms with Crippen LogP contribution in [0.1, 0.15) is 40.5 Å². The van der Waals surface area contributed by atoms with E-state index in [1.54, 1.807) is 13.8 Å². The maximum absolute atomic E-state index is 13.2. The molecule has 0 aromatic carbocycles. The van der Waals surface area contributed by atoms with Crippen LogP contribution in [0.3, 0.4) is 0 Å². The lowest BCUT2D eigenvalue weighted by Gasteiger charge is -2.33. The van der Waals surface area contributed by atoms with Crippen LogP contribution < -0.4 is 0 Å². The molecule has 0 spiro atoms. The van der Waals surface area contributed by atoms with Gasteiger partial charge in [-0.25, -0.2) is 22.3 Å². The van der Waals surface area contributed by atoms with Crippen molar-refractivity contribution < 1.29 is 58.1 Å². The number of rotatable bonds is 10. The van der Waals surface area contributed by atoms with Crippen molar-refractivity contribution in [2.45, 2.75) is 70.8 Å². The van der Waals surface area contributed by atoms with Gasteiger partial charge < -0.3 is 0 Å². The summed E-state index contributed by atoms with van der Waals surface area (Å²) in [6.07, 6.45) is -15.2. The van der Waals surface area contributed by atoms with Crippen molar-refractivity contribution in [2.24, 2.45) is 5.92 Å². The third-order valence-electron chi connectivity index (χ3n) is 3.44. The molecular formula is C15H22F10O3. The summed E-state index contributed by atoms with van der Waals surface area (Å²) in [5.41, 5.74) is 0. The average Bonchev–Trinajstić information content (AvgIpc) is 2.52. The molecule has 0 radical (unpaired) electrons. The Morgan fingerprint density at radius 2 is 1.36 bits per heavy atom. The van der Waals surface area contributed by atoms with E-state index in [2.05, 4.69) is 14.2 Å². The molecule has 2 unspecified atom stereocenters. The molecule has 3 nitrogen and oxygen atoms in total. The topological polar surface area (TPSA) is 27.7 Å². The molecule has 170 valence electrons. The molecule has 0 bridgehead atoms. The summed E-state index contributed by atoms with van der Waals surface area (Å²) >= 11 is 0. The molecule has 0 rings (SSSR count). The number of methoxy groups -OCH3 is 1. The third kappa shape index (κ3) is 8.95. The Kier molecular flexibility index (Phi) is 10.5. The van der Waals surface area contributed by atoms with Crippen LogP contribution in [-0.4, -0.2) is 37.4 Å². The molecule has 0 aliphatic carbocycles. The summed E-state index contributed by atoms with van der Waals surface area (Å²) in [6.45, 7) is 6.54. The minimum absolute atomic E-state index is 0.0397. The number of alkyl halides is 9. The van der Waals surface area contributed by atoms with E-state index in [1.807, 2.05) is 6.58 Å². The second-order valence-corrected chi connectivity index (χ2v) is 5.65. The van der Waals surface area contributed by atoms with Gasteiger partial charge in [0, 0.05) is 26.4 Å². The summed E-state index contributed by atoms with van der Waals surface area (Å²) in [4.78, 5) is 0. The fraction of sp³-hybridized carbons (Fsp3) is 0.867. The number of hydrogen-bond donors (Lipinski definition) is 0. The number of halogens is 10. The Hall–Kier alpha value is -1.08. The molecule has 0 saturated carbocycles. The Balaban J connectivity index is 0. The highest BCUT2D eigenvalue weighted by atomic mass is 19.3. The minimum Gasteiger partial charge on any atom is -0.299 e. The van der Waals surface area contributed by atoms with Gasteiger partial charge in [-0.1, -0.05) is 27.4 Å². The lowest BCUT2D eigenvalue weighted by molar-refractivity contribution is -0.514. The first kappa shape index (κ1) is 29.1. The lowest BCUT2D eigenvalue weighted by Crippen LogP contribution is -2.53. The third-order valence-corrected chi connectivity index (χ3v) is 3.44. The highest BCUT2D eigenvalue weighted by Crippen LogP contribution is 2.43. The normalized spacial score (nSPS) is 16.7. The van der Waals surface area contributed by atoms with Crippen LogP contribution in [0.4, 0.5) is 43.9 Å². The van der Waals surface area contributed by atoms with Crippen LogP contribution in [0.2, 0.25) is 0 Å². The van der Waals surface area contributed by atoms with Crippen molar-refractivity contribution in [1.29, 1.82) is 0 Å². The molecule has 0 aromatic heterocycles. The first-order valence-corrected chi connectivity index (χ1v) is 7.71. The van der Waals surface area contributed by atoms with Crippen molar-refractivity contribution in [3.63, 3.8) is 0 Å². The van der Waals surface area contributed by atoms with Crippen molar-refractivity contribution in [3.05, 3.63) is 12.4 Å². The van der Waals surface area contributed by atoms with Gasteiger partial charge in [-0.15, -0.1) is 8.78 Å². The highest BCUT2D eigenvalue weighted by Gasteiger charge is 2.63. The molecule has 0 aliphatic heterocycles. The Labute approximate surface area is 155 Å². The predicted octanol–water partition coefficient (Wildman–Crippen LogP) is 6.65. The van der Waals surface area contributed by atoms with E-state index >= 15 is 0 Å². The summed E-state index contributed by atoms with van der Waals surface area (Å²) in [5, 5.41) is 0. The first-order chi connectivity index (χ1) is 12.2. The fourth-order valence-corrected chi connectivity index (χ4v) is 1.28. The Bertz CT molecular complexity index is 494. The molecule has 28 heavy (non-hydrogen) atoms. The van der Waals surface area contributed by atoms with Gasteiger partial charge in [0.2, 0.25) is 5.92 Å². The van der Waals surface area contributed by atoms with Gasteiger partial charge in [-0.2, -0.15) is 17.6 Å². The molecule has 0 fully saturated rings. The van der Waals surface area contributed by atoms with Gasteiger partial charge in [-0.05, 0) is 6.42 Å². The lowest BCUT2D eigenvalue weighted by atomic mass is 9.99. The maximum atomic E-state index is 13.2. The average molecular weight is 440 g/mol. The first-order valence-electron chi connectivity index (χ1n) is 7.71. The molecular weight excluding hydrogens is 418 g/mol. The Morgan fingerprint density at radius 3 is 1.61 bits per heavy atom. The van der Waals surface area contributed by atoms with Crippen molar-refractivity contribution >= 4 is 0 Å². The van der Waals surface area contributed by atoms with Crippen LogP contribution in [-0.2, 0) is 14.2 Å². The molecule has 0 aromatic rings. The van der Waals surface area contributed by atoms with Gasteiger partial charge in [0.05, 0.1) is 0 Å². The van der Waals surface area contributed by atoms with Gasteiger partial charge in [0.15, 0.2) is 5.83 Å². The second kappa shape index (κ2) is 10.1. The second-order valence-electron chi connectivity index (χ2n) is 5.65. The van der Waals surface area contributed by atoms with E-state index in [4.69, 9.17) is 0 Å². The molecule has 0 heterocycles. The summed E-state index contributed by atoms with van der Waals surface area (Å²) in [7, 11) is 0.227. The van der Waals surface area contributed by atoms with E-state index in [0.717, 1.165) is 0 Å². The van der Waals surface area contributed by atoms with Crippen molar-refractivity contribution in [2.75, 3.05) is 7.11 Å². The van der Waals surface area contributed by atoms with E-state index in [0.29, 0.717) is 6.42 Å². The van der Waals surface area contributed by atoms with Crippen molar-refractivity contribution in [1.82, 2.24) is 0 Å². The van der Waals surface area contributed by atoms with Crippen LogP contribution in [0.5, 0.6) is 0 Å². The van der Waals surface area contributed by atoms with Gasteiger partial charge in [0.25, 0.3) is 0 Å².